The van der Waals surface area contributed by atoms with Crippen LogP contribution >= 0.6 is 0 Å². The molecule has 1 aromatic rings. The molecular formula is C17H19NO. The molecule has 1 N–H and O–H groups in total. The van der Waals surface area contributed by atoms with Crippen LogP contribution in [0.2, 0.25) is 0 Å². The summed E-state index contributed by atoms with van der Waals surface area (Å²) < 4.78 is 6.24. The summed E-state index contributed by atoms with van der Waals surface area (Å²) in [7, 11) is 0. The molecule has 2 heterocycles. The van der Waals surface area contributed by atoms with Gasteiger partial charge in [0.15, 0.2) is 0 Å². The van der Waals surface area contributed by atoms with E-state index in [1.807, 2.05) is 0 Å². The Balaban J connectivity index is 2.00. The Labute approximate surface area is 114 Å². The first-order chi connectivity index (χ1) is 9.23. The number of allylic oxidation sites excluding steroid dienone is 2. The molecule has 1 aliphatic carbocycles. The Bertz CT molecular complexity index is 601. The molecule has 1 saturated heterocycles. The van der Waals surface area contributed by atoms with Crippen LogP contribution in [0.15, 0.2) is 42.0 Å². The number of ether oxygens (including phenoxy) is 1. The van der Waals surface area contributed by atoms with Crippen LogP contribution in [-0.4, -0.2) is 18.7 Å². The molecule has 4 rings (SSSR count). The van der Waals surface area contributed by atoms with Gasteiger partial charge < -0.3 is 10.1 Å². The van der Waals surface area contributed by atoms with Crippen LogP contribution in [0.5, 0.6) is 5.75 Å². The van der Waals surface area contributed by atoms with E-state index in [2.05, 4.69) is 55.6 Å². The molecule has 1 spiro atoms. The van der Waals surface area contributed by atoms with Crippen LogP contribution < -0.4 is 10.1 Å². The fourth-order valence-corrected chi connectivity index (χ4v) is 4.15. The molecule has 2 nitrogen and oxygen atoms in total. The minimum Gasteiger partial charge on any atom is -0.485 e. The molecule has 2 heteroatoms. The Morgan fingerprint density at radius 2 is 2.26 bits per heavy atom. The lowest BCUT2D eigenvalue weighted by molar-refractivity contribution is 0.183. The van der Waals surface area contributed by atoms with Crippen LogP contribution in [0, 0.1) is 6.92 Å². The maximum Gasteiger partial charge on any atom is 0.131 e. The van der Waals surface area contributed by atoms with E-state index in [1.54, 1.807) is 0 Å². The topological polar surface area (TPSA) is 21.3 Å². The zero-order chi connectivity index (χ0) is 13.0. The number of piperidine rings is 1. The second-order valence-electron chi connectivity index (χ2n) is 5.89. The highest BCUT2D eigenvalue weighted by molar-refractivity contribution is 5.59. The highest BCUT2D eigenvalue weighted by atomic mass is 16.5. The van der Waals surface area contributed by atoms with Crippen molar-refractivity contribution in [2.45, 2.75) is 37.8 Å². The fourth-order valence-electron chi connectivity index (χ4n) is 4.15. The molecule has 98 valence electrons. The van der Waals surface area contributed by atoms with Crippen LogP contribution in [-0.2, 0) is 5.41 Å². The molecule has 3 atom stereocenters. The molecular weight excluding hydrogens is 234 g/mol. The predicted molar refractivity (Wildman–Crippen MR) is 76.6 cm³/mol. The number of hydrogen-bond donors (Lipinski definition) is 1. The highest BCUT2D eigenvalue weighted by Crippen LogP contribution is 2.54. The lowest BCUT2D eigenvalue weighted by Gasteiger charge is -2.44. The van der Waals surface area contributed by atoms with E-state index in [0.717, 1.165) is 18.7 Å². The van der Waals surface area contributed by atoms with Gasteiger partial charge in [-0.2, -0.15) is 0 Å². The van der Waals surface area contributed by atoms with E-state index in [1.165, 1.54) is 16.7 Å². The summed E-state index contributed by atoms with van der Waals surface area (Å²) in [4.78, 5) is 0. The van der Waals surface area contributed by atoms with Crippen molar-refractivity contribution in [1.29, 1.82) is 0 Å². The van der Waals surface area contributed by atoms with Gasteiger partial charge in [-0.3, -0.25) is 0 Å². The van der Waals surface area contributed by atoms with Crippen molar-refractivity contribution < 1.29 is 4.74 Å². The van der Waals surface area contributed by atoms with E-state index in [9.17, 15) is 0 Å². The van der Waals surface area contributed by atoms with Crippen LogP contribution in [0.25, 0.3) is 0 Å². The third kappa shape index (κ3) is 1.30. The van der Waals surface area contributed by atoms with Crippen molar-refractivity contribution in [1.82, 2.24) is 5.32 Å². The quantitative estimate of drug-likeness (QED) is 0.767. The van der Waals surface area contributed by atoms with Crippen molar-refractivity contribution in [2.75, 3.05) is 6.54 Å². The second kappa shape index (κ2) is 3.73. The third-order valence-electron chi connectivity index (χ3n) is 4.93. The van der Waals surface area contributed by atoms with Crippen molar-refractivity contribution in [3.63, 3.8) is 0 Å². The van der Waals surface area contributed by atoms with E-state index >= 15 is 0 Å². The minimum absolute atomic E-state index is 0.0695. The smallest absolute Gasteiger partial charge is 0.131 e. The first kappa shape index (κ1) is 11.3. The van der Waals surface area contributed by atoms with Crippen molar-refractivity contribution in [3.05, 3.63) is 53.1 Å². The standard InChI is InChI=1S/C17H19NO/c1-11-5-3-7-14-16(11)17-9-10-18-12(2)13(17)6-4-8-15(17)19-14/h3-8,12,15,18H,9-10H2,1-2H3/t12-,15?,17-/m1/s1. The summed E-state index contributed by atoms with van der Waals surface area (Å²) in [6.07, 6.45) is 7.96. The van der Waals surface area contributed by atoms with Crippen LogP contribution in [0.1, 0.15) is 24.5 Å². The molecule has 0 bridgehead atoms. The molecule has 2 aliphatic heterocycles. The van der Waals surface area contributed by atoms with Gasteiger partial charge in [-0.25, -0.2) is 0 Å². The lowest BCUT2D eigenvalue weighted by Crippen LogP contribution is -2.53. The summed E-state index contributed by atoms with van der Waals surface area (Å²) in [5.74, 6) is 1.08. The van der Waals surface area contributed by atoms with E-state index in [0.29, 0.717) is 6.04 Å². The Morgan fingerprint density at radius 3 is 3.16 bits per heavy atom. The van der Waals surface area contributed by atoms with Crippen molar-refractivity contribution in [2.24, 2.45) is 0 Å². The molecule has 0 amide bonds. The number of rotatable bonds is 0. The number of fused-ring (bicyclic) bond motifs is 1. The van der Waals surface area contributed by atoms with Gasteiger partial charge >= 0.3 is 0 Å². The highest BCUT2D eigenvalue weighted by Gasteiger charge is 2.54. The molecule has 0 aromatic heterocycles. The van der Waals surface area contributed by atoms with Gasteiger partial charge in [0.2, 0.25) is 0 Å². The van der Waals surface area contributed by atoms with E-state index < -0.39 is 0 Å². The van der Waals surface area contributed by atoms with Gasteiger partial charge in [-0.15, -0.1) is 0 Å². The van der Waals surface area contributed by atoms with Gasteiger partial charge in [0.05, 0.1) is 5.41 Å². The molecule has 1 fully saturated rings. The molecule has 19 heavy (non-hydrogen) atoms. The lowest BCUT2D eigenvalue weighted by atomic mass is 9.62. The van der Waals surface area contributed by atoms with E-state index in [4.69, 9.17) is 4.74 Å². The van der Waals surface area contributed by atoms with Gasteiger partial charge in [0.25, 0.3) is 0 Å². The number of aryl methyl sites for hydroxylation is 1. The predicted octanol–water partition coefficient (Wildman–Crippen LogP) is 2.87. The molecule has 0 radical (unpaired) electrons. The van der Waals surface area contributed by atoms with Gasteiger partial charge in [-0.05, 0) is 50.1 Å². The van der Waals surface area contributed by atoms with Gasteiger partial charge in [0.1, 0.15) is 11.9 Å². The van der Waals surface area contributed by atoms with E-state index in [-0.39, 0.29) is 11.5 Å². The maximum atomic E-state index is 6.24. The molecule has 3 aliphatic rings. The summed E-state index contributed by atoms with van der Waals surface area (Å²) in [6, 6.07) is 6.85. The number of benzene rings is 1. The van der Waals surface area contributed by atoms with Crippen LogP contribution in [0.4, 0.5) is 0 Å². The third-order valence-corrected chi connectivity index (χ3v) is 4.93. The fraction of sp³-hybridized carbons (Fsp3) is 0.412. The monoisotopic (exact) mass is 253 g/mol. The Kier molecular flexibility index (Phi) is 2.22. The summed E-state index contributed by atoms with van der Waals surface area (Å²) in [5, 5.41) is 3.58. The average molecular weight is 253 g/mol. The average Bonchev–Trinajstić information content (AvgIpc) is 2.73. The largest absolute Gasteiger partial charge is 0.485 e. The zero-order valence-corrected chi connectivity index (χ0v) is 11.4. The number of nitrogens with one attached hydrogen (secondary N) is 1. The summed E-state index contributed by atoms with van der Waals surface area (Å²) >= 11 is 0. The van der Waals surface area contributed by atoms with Crippen LogP contribution in [0.3, 0.4) is 0 Å². The first-order valence-corrected chi connectivity index (χ1v) is 7.12. The Morgan fingerprint density at radius 1 is 1.37 bits per heavy atom. The number of hydrogen-bond acceptors (Lipinski definition) is 2. The zero-order valence-electron chi connectivity index (χ0n) is 11.4. The molecule has 0 saturated carbocycles. The summed E-state index contributed by atoms with van der Waals surface area (Å²) in [6.45, 7) is 5.53. The SMILES string of the molecule is Cc1cccc2c1[C@]13CCN[C@H](C)C1=CC=CC3O2. The second-order valence-corrected chi connectivity index (χ2v) is 5.89. The minimum atomic E-state index is 0.0695. The Hall–Kier alpha value is -1.54. The normalized spacial score (nSPS) is 34.9. The van der Waals surface area contributed by atoms with Crippen molar-refractivity contribution in [3.8, 4) is 5.75 Å². The molecule has 1 unspecified atom stereocenters. The van der Waals surface area contributed by atoms with Gasteiger partial charge in [0, 0.05) is 11.6 Å². The van der Waals surface area contributed by atoms with Gasteiger partial charge in [-0.1, -0.05) is 24.3 Å². The molecule has 1 aromatic carbocycles. The van der Waals surface area contributed by atoms with Crippen molar-refractivity contribution >= 4 is 0 Å². The summed E-state index contributed by atoms with van der Waals surface area (Å²) in [5.41, 5.74) is 4.33. The maximum absolute atomic E-state index is 6.24. The first-order valence-electron chi connectivity index (χ1n) is 7.12.